The van der Waals surface area contributed by atoms with Crippen LogP contribution in [0.5, 0.6) is 5.75 Å². The van der Waals surface area contributed by atoms with E-state index < -0.39 is 0 Å². The summed E-state index contributed by atoms with van der Waals surface area (Å²) in [7, 11) is 0. The van der Waals surface area contributed by atoms with Crippen LogP contribution in [0, 0.1) is 5.92 Å². The molecule has 0 atom stereocenters. The van der Waals surface area contributed by atoms with E-state index in [1.165, 1.54) is 0 Å². The maximum atomic E-state index is 6.19. The molecule has 0 bridgehead atoms. The Morgan fingerprint density at radius 3 is 2.50 bits per heavy atom. The fraction of sp³-hybridized carbons (Fsp3) is 0.333. The molecule has 1 N–H and O–H groups in total. The summed E-state index contributed by atoms with van der Waals surface area (Å²) in [4.78, 5) is 0. The molecule has 132 valence electrons. The smallest absolute Gasteiger partial charge is 0.124 e. The second-order valence-corrected chi connectivity index (χ2v) is 7.56. The van der Waals surface area contributed by atoms with Crippen LogP contribution in [0.3, 0.4) is 0 Å². The van der Waals surface area contributed by atoms with E-state index in [0.29, 0.717) is 22.6 Å². The van der Waals surface area contributed by atoms with Crippen LogP contribution in [0.4, 0.5) is 0 Å². The van der Waals surface area contributed by atoms with Crippen LogP contribution in [-0.2, 0) is 13.2 Å². The fourth-order valence-corrected chi connectivity index (χ4v) is 2.99. The van der Waals surface area contributed by atoms with Gasteiger partial charge in [-0.25, -0.2) is 0 Å². The van der Waals surface area contributed by atoms with Crippen molar-refractivity contribution in [2.45, 2.75) is 27.0 Å². The van der Waals surface area contributed by atoms with Crippen LogP contribution in [0.1, 0.15) is 25.0 Å². The molecule has 0 heterocycles. The van der Waals surface area contributed by atoms with E-state index in [-0.39, 0.29) is 12.4 Å². The van der Waals surface area contributed by atoms with E-state index in [4.69, 9.17) is 27.9 Å². The van der Waals surface area contributed by atoms with Gasteiger partial charge in [-0.3, -0.25) is 0 Å². The average molecular weight is 454 g/mol. The second kappa shape index (κ2) is 10.5. The molecule has 2 aromatic carbocycles. The van der Waals surface area contributed by atoms with Crippen LogP contribution in [0.25, 0.3) is 0 Å². The van der Waals surface area contributed by atoms with Gasteiger partial charge in [0.2, 0.25) is 0 Å². The maximum absolute atomic E-state index is 6.19. The molecule has 2 rings (SSSR count). The summed E-state index contributed by atoms with van der Waals surface area (Å²) in [6.45, 7) is 6.52. The SMILES string of the molecule is CC(C)CNCc1cc(Br)ccc1OCc1ccc(Cl)cc1Cl.Cl. The second-order valence-electron chi connectivity index (χ2n) is 5.80. The number of ether oxygens (including phenoxy) is 1. The van der Waals surface area contributed by atoms with Gasteiger partial charge in [0.15, 0.2) is 0 Å². The van der Waals surface area contributed by atoms with Crippen molar-refractivity contribution in [3.05, 3.63) is 62.0 Å². The number of nitrogens with one attached hydrogen (secondary N) is 1. The third kappa shape index (κ3) is 6.81. The molecule has 2 aromatic rings. The van der Waals surface area contributed by atoms with Gasteiger partial charge in [0, 0.05) is 32.2 Å². The Labute approximate surface area is 168 Å². The normalized spacial score (nSPS) is 10.6. The van der Waals surface area contributed by atoms with Gasteiger partial charge in [0.05, 0.1) is 0 Å². The number of rotatable bonds is 7. The molecule has 0 fully saturated rings. The molecule has 0 radical (unpaired) electrons. The average Bonchev–Trinajstić information content (AvgIpc) is 2.47. The van der Waals surface area contributed by atoms with Crippen molar-refractivity contribution in [2.75, 3.05) is 6.54 Å². The molecule has 0 amide bonds. The fourth-order valence-electron chi connectivity index (χ4n) is 2.12. The molecule has 6 heteroatoms. The molecule has 0 aromatic heterocycles. The van der Waals surface area contributed by atoms with Gasteiger partial charge in [-0.15, -0.1) is 12.4 Å². The number of hydrogen-bond acceptors (Lipinski definition) is 2. The first-order valence-electron chi connectivity index (χ1n) is 7.51. The van der Waals surface area contributed by atoms with E-state index in [2.05, 4.69) is 41.2 Å². The number of benzene rings is 2. The summed E-state index contributed by atoms with van der Waals surface area (Å²) in [6, 6.07) is 11.5. The van der Waals surface area contributed by atoms with Crippen molar-refractivity contribution < 1.29 is 4.74 Å². The van der Waals surface area contributed by atoms with E-state index in [9.17, 15) is 0 Å². The Bertz CT molecular complexity index is 665. The summed E-state index contributed by atoms with van der Waals surface area (Å²) in [5, 5.41) is 4.69. The quantitative estimate of drug-likeness (QED) is 0.516. The van der Waals surface area contributed by atoms with E-state index in [1.807, 2.05) is 24.3 Å². The Kier molecular flexibility index (Phi) is 9.47. The summed E-state index contributed by atoms with van der Waals surface area (Å²) in [5.41, 5.74) is 2.03. The van der Waals surface area contributed by atoms with Crippen molar-refractivity contribution in [3.8, 4) is 5.75 Å². The van der Waals surface area contributed by atoms with Crippen molar-refractivity contribution >= 4 is 51.5 Å². The first-order chi connectivity index (χ1) is 11.0. The molecule has 0 saturated heterocycles. The highest BCUT2D eigenvalue weighted by atomic mass is 79.9. The lowest BCUT2D eigenvalue weighted by atomic mass is 10.1. The first-order valence-corrected chi connectivity index (χ1v) is 9.06. The lowest BCUT2D eigenvalue weighted by Crippen LogP contribution is -2.19. The van der Waals surface area contributed by atoms with Gasteiger partial charge in [0.1, 0.15) is 12.4 Å². The zero-order chi connectivity index (χ0) is 16.8. The molecule has 0 spiro atoms. The molecule has 0 unspecified atom stereocenters. The Morgan fingerprint density at radius 1 is 1.08 bits per heavy atom. The minimum atomic E-state index is 0. The van der Waals surface area contributed by atoms with Crippen molar-refractivity contribution in [1.82, 2.24) is 5.32 Å². The molecule has 0 aliphatic carbocycles. The standard InChI is InChI=1S/C18H20BrCl2NO.ClH/c1-12(2)9-22-10-14-7-15(19)4-6-18(14)23-11-13-3-5-16(20)8-17(13)21;/h3-8,12,22H,9-11H2,1-2H3;1H. The molecule has 0 aliphatic rings. The maximum Gasteiger partial charge on any atom is 0.124 e. The largest absolute Gasteiger partial charge is 0.489 e. The van der Waals surface area contributed by atoms with Gasteiger partial charge in [-0.2, -0.15) is 0 Å². The first kappa shape index (κ1) is 21.6. The van der Waals surface area contributed by atoms with E-state index in [1.54, 1.807) is 6.07 Å². The lowest BCUT2D eigenvalue weighted by molar-refractivity contribution is 0.302. The highest BCUT2D eigenvalue weighted by molar-refractivity contribution is 9.10. The van der Waals surface area contributed by atoms with Crippen LogP contribution >= 0.6 is 51.5 Å². The molecule has 24 heavy (non-hydrogen) atoms. The molecular formula is C18H21BrCl3NO. The van der Waals surface area contributed by atoms with Crippen LogP contribution in [0.15, 0.2) is 40.9 Å². The Balaban J connectivity index is 0.00000288. The van der Waals surface area contributed by atoms with Crippen molar-refractivity contribution in [2.24, 2.45) is 5.92 Å². The van der Waals surface area contributed by atoms with Gasteiger partial charge in [0.25, 0.3) is 0 Å². The van der Waals surface area contributed by atoms with Crippen molar-refractivity contribution in [1.29, 1.82) is 0 Å². The zero-order valence-electron chi connectivity index (χ0n) is 13.6. The lowest BCUT2D eigenvalue weighted by Gasteiger charge is -2.14. The van der Waals surface area contributed by atoms with Gasteiger partial charge in [-0.1, -0.05) is 59.0 Å². The topological polar surface area (TPSA) is 21.3 Å². The Morgan fingerprint density at radius 2 is 1.83 bits per heavy atom. The predicted molar refractivity (Wildman–Crippen MR) is 109 cm³/mol. The molecule has 2 nitrogen and oxygen atoms in total. The summed E-state index contributed by atoms with van der Waals surface area (Å²) in [6.07, 6.45) is 0. The van der Waals surface area contributed by atoms with Gasteiger partial charge >= 0.3 is 0 Å². The highest BCUT2D eigenvalue weighted by Gasteiger charge is 2.08. The highest BCUT2D eigenvalue weighted by Crippen LogP contribution is 2.26. The third-order valence-corrected chi connectivity index (χ3v) is 4.37. The predicted octanol–water partition coefficient (Wildman–Crippen LogP) is 6.50. The minimum absolute atomic E-state index is 0. The molecule has 0 saturated carbocycles. The van der Waals surface area contributed by atoms with Crippen molar-refractivity contribution in [3.63, 3.8) is 0 Å². The third-order valence-electron chi connectivity index (χ3n) is 3.29. The number of halogens is 4. The minimum Gasteiger partial charge on any atom is -0.489 e. The summed E-state index contributed by atoms with van der Waals surface area (Å²) < 4.78 is 7.01. The van der Waals surface area contributed by atoms with Crippen LogP contribution < -0.4 is 10.1 Å². The molecule has 0 aliphatic heterocycles. The van der Waals surface area contributed by atoms with E-state index >= 15 is 0 Å². The van der Waals surface area contributed by atoms with E-state index in [0.717, 1.165) is 34.4 Å². The summed E-state index contributed by atoms with van der Waals surface area (Å²) >= 11 is 15.6. The Hall–Kier alpha value is -0.450. The van der Waals surface area contributed by atoms with Crippen LogP contribution in [0.2, 0.25) is 10.0 Å². The zero-order valence-corrected chi connectivity index (χ0v) is 17.5. The van der Waals surface area contributed by atoms with Crippen LogP contribution in [-0.4, -0.2) is 6.54 Å². The van der Waals surface area contributed by atoms with Gasteiger partial charge < -0.3 is 10.1 Å². The summed E-state index contributed by atoms with van der Waals surface area (Å²) in [5.74, 6) is 1.47. The monoisotopic (exact) mass is 451 g/mol. The molecular weight excluding hydrogens is 432 g/mol. The van der Waals surface area contributed by atoms with Gasteiger partial charge in [-0.05, 0) is 42.8 Å². The number of hydrogen-bond donors (Lipinski definition) is 1.